The van der Waals surface area contributed by atoms with E-state index in [9.17, 15) is 4.39 Å². The van der Waals surface area contributed by atoms with E-state index in [-0.39, 0.29) is 6.67 Å². The van der Waals surface area contributed by atoms with E-state index in [2.05, 4.69) is 20.4 Å². The summed E-state index contributed by atoms with van der Waals surface area (Å²) in [7, 11) is 0. The van der Waals surface area contributed by atoms with Crippen LogP contribution in [0, 0.1) is 0 Å². The van der Waals surface area contributed by atoms with Gasteiger partial charge in [-0.15, -0.1) is 0 Å². The molecule has 2 heterocycles. The smallest absolute Gasteiger partial charge is 0.0906 e. The van der Waals surface area contributed by atoms with Gasteiger partial charge in [0.1, 0.15) is 0 Å². The Kier molecular flexibility index (Phi) is 5.64. The maximum Gasteiger partial charge on any atom is 0.0906 e. The third kappa shape index (κ3) is 4.17. The molecule has 1 N–H and O–H groups in total. The average molecular weight is 243 g/mol. The minimum Gasteiger partial charge on any atom is -0.312 e. The van der Waals surface area contributed by atoms with Crippen molar-refractivity contribution in [2.45, 2.75) is 19.0 Å². The van der Waals surface area contributed by atoms with E-state index in [0.717, 1.165) is 52.4 Å². The Morgan fingerprint density at radius 2 is 2.18 bits per heavy atom. The highest BCUT2D eigenvalue weighted by Crippen LogP contribution is 2.08. The quantitative estimate of drug-likeness (QED) is 0.748. The Bertz CT molecular complexity index is 209. The van der Waals surface area contributed by atoms with Crippen LogP contribution in [0.25, 0.3) is 0 Å². The number of halogens is 1. The number of hydrogen-bond donors (Lipinski definition) is 1. The molecule has 0 saturated carbocycles. The second kappa shape index (κ2) is 7.26. The molecule has 2 aliphatic rings. The Morgan fingerprint density at radius 3 is 2.94 bits per heavy atom. The van der Waals surface area contributed by atoms with Gasteiger partial charge in [0.2, 0.25) is 0 Å². The molecule has 17 heavy (non-hydrogen) atoms. The van der Waals surface area contributed by atoms with Gasteiger partial charge in [-0.3, -0.25) is 9.29 Å². The summed E-state index contributed by atoms with van der Waals surface area (Å²) in [6.45, 7) is 8.03. The third-order valence-electron chi connectivity index (χ3n) is 3.61. The molecule has 2 saturated heterocycles. The van der Waals surface area contributed by atoms with Gasteiger partial charge in [0.05, 0.1) is 12.8 Å². The van der Waals surface area contributed by atoms with Crippen LogP contribution in [0.1, 0.15) is 12.8 Å². The Labute approximate surface area is 104 Å². The molecular weight excluding hydrogens is 219 g/mol. The molecule has 99 valence electrons. The summed E-state index contributed by atoms with van der Waals surface area (Å²) in [5, 5.41) is 8.07. The first-order chi connectivity index (χ1) is 8.40. The molecule has 0 aliphatic carbocycles. The molecule has 0 aromatic heterocycles. The normalized spacial score (nSPS) is 29.1. The van der Waals surface area contributed by atoms with Gasteiger partial charge in [-0.25, -0.2) is 5.32 Å². The van der Waals surface area contributed by atoms with Gasteiger partial charge in [-0.05, 0) is 19.4 Å². The first-order valence-corrected chi connectivity index (χ1v) is 6.80. The molecule has 5 heteroatoms. The van der Waals surface area contributed by atoms with Gasteiger partial charge in [0.15, 0.2) is 0 Å². The lowest BCUT2D eigenvalue weighted by molar-refractivity contribution is 0.147. The topological polar surface area (TPSA) is 32.6 Å². The van der Waals surface area contributed by atoms with E-state index in [4.69, 9.17) is 0 Å². The van der Waals surface area contributed by atoms with Crippen molar-refractivity contribution < 1.29 is 4.39 Å². The predicted molar refractivity (Wildman–Crippen MR) is 66.9 cm³/mol. The summed E-state index contributed by atoms with van der Waals surface area (Å²) in [5.74, 6) is 0. The second-order valence-electron chi connectivity index (χ2n) is 4.86. The van der Waals surface area contributed by atoms with Crippen molar-refractivity contribution in [1.29, 1.82) is 0 Å². The summed E-state index contributed by atoms with van der Waals surface area (Å²) in [6.07, 6.45) is 2.22. The molecule has 2 rings (SSSR count). The highest BCUT2D eigenvalue weighted by Gasteiger charge is 2.23. The molecule has 2 fully saturated rings. The largest absolute Gasteiger partial charge is 0.312 e. The first kappa shape index (κ1) is 13.2. The summed E-state index contributed by atoms with van der Waals surface area (Å²) in [4.78, 5) is 4.86. The number of nitrogens with one attached hydrogen (secondary N) is 1. The Hall–Kier alpha value is -0.230. The van der Waals surface area contributed by atoms with Crippen LogP contribution in [0.4, 0.5) is 4.39 Å². The highest BCUT2D eigenvalue weighted by atomic mass is 19.1. The fourth-order valence-corrected chi connectivity index (χ4v) is 2.63. The van der Waals surface area contributed by atoms with Crippen molar-refractivity contribution in [1.82, 2.24) is 20.4 Å². The van der Waals surface area contributed by atoms with Crippen LogP contribution in [-0.4, -0.2) is 75.0 Å². The van der Waals surface area contributed by atoms with Crippen LogP contribution in [0.15, 0.2) is 0 Å². The van der Waals surface area contributed by atoms with Crippen LogP contribution in [0.2, 0.25) is 0 Å². The van der Waals surface area contributed by atoms with Crippen LogP contribution >= 0.6 is 0 Å². The fraction of sp³-hybridized carbons (Fsp3) is 1.00. The second-order valence-corrected chi connectivity index (χ2v) is 4.86. The molecule has 1 radical (unpaired) electrons. The van der Waals surface area contributed by atoms with Crippen molar-refractivity contribution in [3.05, 3.63) is 0 Å². The van der Waals surface area contributed by atoms with Crippen molar-refractivity contribution in [2.75, 3.05) is 59.0 Å². The van der Waals surface area contributed by atoms with E-state index in [1.165, 1.54) is 6.42 Å². The molecule has 0 aromatic carbocycles. The standard InChI is InChI=1S/C12H24FN4/c13-3-1-6-16-7-2-8-17(10-9-16)12-11-14-4-5-15-12/h12,14H,1-11H2. The molecule has 2 aliphatic heterocycles. The SMILES string of the molecule is FCCCN1CCCN(C2CNCC[N]2)CC1. The van der Waals surface area contributed by atoms with E-state index in [0.29, 0.717) is 12.6 Å². The molecule has 4 nitrogen and oxygen atoms in total. The number of piperazine rings is 1. The highest BCUT2D eigenvalue weighted by molar-refractivity contribution is 4.79. The number of hydrogen-bond acceptors (Lipinski definition) is 3. The molecule has 1 unspecified atom stereocenters. The number of alkyl halides is 1. The lowest BCUT2D eigenvalue weighted by atomic mass is 10.3. The molecule has 0 amide bonds. The van der Waals surface area contributed by atoms with Crippen molar-refractivity contribution >= 4 is 0 Å². The van der Waals surface area contributed by atoms with Crippen LogP contribution < -0.4 is 10.6 Å². The molecule has 0 aromatic rings. The summed E-state index contributed by atoms with van der Waals surface area (Å²) in [6, 6.07) is 0. The monoisotopic (exact) mass is 243 g/mol. The summed E-state index contributed by atoms with van der Waals surface area (Å²) < 4.78 is 12.2. The van der Waals surface area contributed by atoms with Crippen LogP contribution in [0.3, 0.4) is 0 Å². The molecular formula is C12H24FN4. The maximum atomic E-state index is 12.2. The zero-order valence-corrected chi connectivity index (χ0v) is 10.6. The molecule has 0 bridgehead atoms. The fourth-order valence-electron chi connectivity index (χ4n) is 2.63. The maximum absolute atomic E-state index is 12.2. The minimum absolute atomic E-state index is 0.192. The molecule has 1 atom stereocenters. The van der Waals surface area contributed by atoms with Gasteiger partial charge in [0.25, 0.3) is 0 Å². The van der Waals surface area contributed by atoms with Gasteiger partial charge in [-0.2, -0.15) is 0 Å². The van der Waals surface area contributed by atoms with Crippen LogP contribution in [0.5, 0.6) is 0 Å². The van der Waals surface area contributed by atoms with Crippen molar-refractivity contribution in [3.63, 3.8) is 0 Å². The number of nitrogens with zero attached hydrogens (tertiary/aromatic N) is 3. The van der Waals surface area contributed by atoms with E-state index in [1.54, 1.807) is 0 Å². The zero-order valence-electron chi connectivity index (χ0n) is 10.6. The van der Waals surface area contributed by atoms with Gasteiger partial charge in [-0.1, -0.05) is 0 Å². The van der Waals surface area contributed by atoms with E-state index < -0.39 is 0 Å². The number of rotatable bonds is 4. The van der Waals surface area contributed by atoms with Gasteiger partial charge >= 0.3 is 0 Å². The zero-order chi connectivity index (χ0) is 11.9. The predicted octanol–water partition coefficient (Wildman–Crippen LogP) is -0.113. The van der Waals surface area contributed by atoms with Crippen molar-refractivity contribution in [3.8, 4) is 0 Å². The van der Waals surface area contributed by atoms with E-state index in [1.807, 2.05) is 0 Å². The average Bonchev–Trinajstić information content (AvgIpc) is 2.63. The Balaban J connectivity index is 1.74. The first-order valence-electron chi connectivity index (χ1n) is 6.80. The van der Waals surface area contributed by atoms with Gasteiger partial charge in [0, 0.05) is 45.8 Å². The molecule has 0 spiro atoms. The lowest BCUT2D eigenvalue weighted by Crippen LogP contribution is -2.54. The minimum atomic E-state index is -0.192. The van der Waals surface area contributed by atoms with Crippen LogP contribution in [-0.2, 0) is 0 Å². The van der Waals surface area contributed by atoms with E-state index >= 15 is 0 Å². The summed E-state index contributed by atoms with van der Waals surface area (Å²) in [5.41, 5.74) is 0. The van der Waals surface area contributed by atoms with Gasteiger partial charge < -0.3 is 10.2 Å². The summed E-state index contributed by atoms with van der Waals surface area (Å²) >= 11 is 0. The third-order valence-corrected chi connectivity index (χ3v) is 3.61. The lowest BCUT2D eigenvalue weighted by Gasteiger charge is -2.33. The Morgan fingerprint density at radius 1 is 1.24 bits per heavy atom. The van der Waals surface area contributed by atoms with Crippen molar-refractivity contribution in [2.24, 2.45) is 0 Å².